The van der Waals surface area contributed by atoms with Crippen LogP contribution in [-0.2, 0) is 0 Å². The van der Waals surface area contributed by atoms with Crippen molar-refractivity contribution in [1.82, 2.24) is 15.2 Å². The summed E-state index contributed by atoms with van der Waals surface area (Å²) in [4.78, 5) is 18.8. The SMILES string of the molecule is CC1CCCC(CNC(=O)c2cccc(Br)n2)(N(C)C)C1. The van der Waals surface area contributed by atoms with Crippen LogP contribution in [0.2, 0.25) is 0 Å². The molecule has 0 saturated heterocycles. The predicted molar refractivity (Wildman–Crippen MR) is 88.3 cm³/mol. The molecule has 1 N–H and O–H groups in total. The number of halogens is 1. The molecule has 4 nitrogen and oxygen atoms in total. The van der Waals surface area contributed by atoms with Gasteiger partial charge in [0.25, 0.3) is 5.91 Å². The number of nitrogens with zero attached hydrogens (tertiary/aromatic N) is 2. The highest BCUT2D eigenvalue weighted by Crippen LogP contribution is 2.35. The van der Waals surface area contributed by atoms with Gasteiger partial charge in [0.2, 0.25) is 0 Å². The lowest BCUT2D eigenvalue weighted by atomic mass is 9.75. The fraction of sp³-hybridized carbons (Fsp3) is 0.625. The first-order valence-corrected chi connectivity index (χ1v) is 8.30. The van der Waals surface area contributed by atoms with Crippen LogP contribution in [0.3, 0.4) is 0 Å². The number of amides is 1. The van der Waals surface area contributed by atoms with Crippen molar-refractivity contribution in [3.05, 3.63) is 28.5 Å². The molecule has 0 aliphatic heterocycles. The second kappa shape index (κ2) is 6.88. The Labute approximate surface area is 135 Å². The van der Waals surface area contributed by atoms with Gasteiger partial charge in [-0.05, 0) is 60.9 Å². The highest BCUT2D eigenvalue weighted by atomic mass is 79.9. The average Bonchev–Trinajstić information content (AvgIpc) is 2.44. The molecule has 0 spiro atoms. The van der Waals surface area contributed by atoms with Gasteiger partial charge in [0.1, 0.15) is 10.3 Å². The van der Waals surface area contributed by atoms with E-state index in [1.807, 2.05) is 12.1 Å². The predicted octanol–water partition coefficient (Wildman–Crippen LogP) is 3.08. The van der Waals surface area contributed by atoms with Crippen molar-refractivity contribution < 1.29 is 4.79 Å². The fourth-order valence-electron chi connectivity index (χ4n) is 3.23. The normalized spacial score (nSPS) is 25.9. The van der Waals surface area contributed by atoms with E-state index in [1.54, 1.807) is 6.07 Å². The van der Waals surface area contributed by atoms with E-state index in [9.17, 15) is 4.79 Å². The molecule has 5 heteroatoms. The van der Waals surface area contributed by atoms with E-state index < -0.39 is 0 Å². The summed E-state index contributed by atoms with van der Waals surface area (Å²) in [5.74, 6) is 0.609. The van der Waals surface area contributed by atoms with Gasteiger partial charge in [0.15, 0.2) is 0 Å². The van der Waals surface area contributed by atoms with Crippen molar-refractivity contribution in [2.24, 2.45) is 5.92 Å². The summed E-state index contributed by atoms with van der Waals surface area (Å²) in [6.07, 6.45) is 4.78. The molecule has 1 aromatic heterocycles. The van der Waals surface area contributed by atoms with E-state index in [1.165, 1.54) is 12.8 Å². The first kappa shape index (κ1) is 16.4. The Kier molecular flexibility index (Phi) is 5.38. The van der Waals surface area contributed by atoms with Gasteiger partial charge in [0, 0.05) is 12.1 Å². The summed E-state index contributed by atoms with van der Waals surface area (Å²) >= 11 is 3.30. The quantitative estimate of drug-likeness (QED) is 0.846. The van der Waals surface area contributed by atoms with Crippen molar-refractivity contribution in [2.45, 2.75) is 38.1 Å². The first-order chi connectivity index (χ1) is 9.93. The Morgan fingerprint density at radius 1 is 1.52 bits per heavy atom. The van der Waals surface area contributed by atoms with Gasteiger partial charge >= 0.3 is 0 Å². The second-order valence-corrected chi connectivity index (χ2v) is 7.16. The fourth-order valence-corrected chi connectivity index (χ4v) is 3.57. The zero-order valence-electron chi connectivity index (χ0n) is 13.0. The molecule has 1 fully saturated rings. The molecule has 1 amide bonds. The number of pyridine rings is 1. The maximum absolute atomic E-state index is 12.3. The molecule has 1 aliphatic rings. The number of hydrogen-bond acceptors (Lipinski definition) is 3. The Morgan fingerprint density at radius 3 is 2.90 bits per heavy atom. The van der Waals surface area contributed by atoms with E-state index in [2.05, 4.69) is 52.1 Å². The summed E-state index contributed by atoms with van der Waals surface area (Å²) in [7, 11) is 4.23. The number of likely N-dealkylation sites (N-methyl/N-ethyl adjacent to an activating group) is 1. The molecular formula is C16H24BrN3O. The summed E-state index contributed by atoms with van der Waals surface area (Å²) in [6, 6.07) is 5.39. The first-order valence-electron chi connectivity index (χ1n) is 7.51. The third kappa shape index (κ3) is 4.04. The van der Waals surface area contributed by atoms with Crippen molar-refractivity contribution in [1.29, 1.82) is 0 Å². The topological polar surface area (TPSA) is 45.2 Å². The minimum absolute atomic E-state index is 0.0688. The van der Waals surface area contributed by atoms with Crippen molar-refractivity contribution in [3.63, 3.8) is 0 Å². The maximum atomic E-state index is 12.3. The van der Waals surface area contributed by atoms with E-state index in [0.717, 1.165) is 12.8 Å². The minimum atomic E-state index is -0.101. The van der Waals surface area contributed by atoms with Gasteiger partial charge in [-0.15, -0.1) is 0 Å². The van der Waals surface area contributed by atoms with Gasteiger partial charge in [0.05, 0.1) is 0 Å². The highest BCUT2D eigenvalue weighted by molar-refractivity contribution is 9.10. The molecule has 1 aliphatic carbocycles. The molecule has 2 atom stereocenters. The Bertz CT molecular complexity index is 506. The Morgan fingerprint density at radius 2 is 2.29 bits per heavy atom. The monoisotopic (exact) mass is 353 g/mol. The van der Waals surface area contributed by atoms with Crippen LogP contribution in [0.15, 0.2) is 22.8 Å². The van der Waals surface area contributed by atoms with E-state index in [0.29, 0.717) is 22.8 Å². The van der Waals surface area contributed by atoms with Gasteiger partial charge in [-0.25, -0.2) is 4.98 Å². The second-order valence-electron chi connectivity index (χ2n) is 6.35. The van der Waals surface area contributed by atoms with Gasteiger partial charge in [-0.1, -0.05) is 25.8 Å². The molecular weight excluding hydrogens is 330 g/mol. The number of aromatic nitrogens is 1. The van der Waals surface area contributed by atoms with Crippen LogP contribution in [0.25, 0.3) is 0 Å². The summed E-state index contributed by atoms with van der Waals surface area (Å²) < 4.78 is 0.684. The molecule has 2 rings (SSSR count). The molecule has 1 heterocycles. The number of rotatable bonds is 4. The van der Waals surface area contributed by atoms with E-state index in [4.69, 9.17) is 0 Å². The standard InChI is InChI=1S/C16H24BrN3O/c1-12-6-5-9-16(10-12,20(2)3)11-18-15(21)13-7-4-8-14(17)19-13/h4,7-8,12H,5-6,9-11H2,1-3H3,(H,18,21). The lowest BCUT2D eigenvalue weighted by Gasteiger charge is -2.45. The third-order valence-electron chi connectivity index (χ3n) is 4.54. The number of carbonyl (C=O) groups excluding carboxylic acids is 1. The van der Waals surface area contributed by atoms with Crippen molar-refractivity contribution >= 4 is 21.8 Å². The van der Waals surface area contributed by atoms with Crippen LogP contribution in [0.1, 0.15) is 43.1 Å². The largest absolute Gasteiger partial charge is 0.349 e. The van der Waals surface area contributed by atoms with E-state index in [-0.39, 0.29) is 11.4 Å². The van der Waals surface area contributed by atoms with Gasteiger partial charge < -0.3 is 10.2 Å². The van der Waals surface area contributed by atoms with Crippen LogP contribution in [0.4, 0.5) is 0 Å². The third-order valence-corrected chi connectivity index (χ3v) is 4.98. The molecule has 0 radical (unpaired) electrons. The average molecular weight is 354 g/mol. The number of carbonyl (C=O) groups is 1. The molecule has 1 saturated carbocycles. The van der Waals surface area contributed by atoms with Crippen LogP contribution in [0, 0.1) is 5.92 Å². The minimum Gasteiger partial charge on any atom is -0.349 e. The molecule has 2 unspecified atom stereocenters. The highest BCUT2D eigenvalue weighted by Gasteiger charge is 2.37. The Balaban J connectivity index is 2.03. The van der Waals surface area contributed by atoms with Crippen molar-refractivity contribution in [3.8, 4) is 0 Å². The zero-order chi connectivity index (χ0) is 15.5. The maximum Gasteiger partial charge on any atom is 0.269 e. The number of nitrogens with one attached hydrogen (secondary N) is 1. The number of hydrogen-bond donors (Lipinski definition) is 1. The van der Waals surface area contributed by atoms with Crippen molar-refractivity contribution in [2.75, 3.05) is 20.6 Å². The lowest BCUT2D eigenvalue weighted by Crippen LogP contribution is -2.55. The van der Waals surface area contributed by atoms with Gasteiger partial charge in [-0.3, -0.25) is 4.79 Å². The smallest absolute Gasteiger partial charge is 0.269 e. The molecule has 0 bridgehead atoms. The van der Waals surface area contributed by atoms with Crippen LogP contribution in [-0.4, -0.2) is 42.0 Å². The summed E-state index contributed by atoms with van der Waals surface area (Å²) in [5, 5.41) is 3.07. The van der Waals surface area contributed by atoms with Crippen LogP contribution >= 0.6 is 15.9 Å². The van der Waals surface area contributed by atoms with E-state index >= 15 is 0 Å². The zero-order valence-corrected chi connectivity index (χ0v) is 14.6. The van der Waals surface area contributed by atoms with Crippen LogP contribution in [0.5, 0.6) is 0 Å². The molecule has 1 aromatic rings. The molecule has 0 aromatic carbocycles. The van der Waals surface area contributed by atoms with Crippen LogP contribution < -0.4 is 5.32 Å². The summed E-state index contributed by atoms with van der Waals surface area (Å²) in [6.45, 7) is 2.98. The lowest BCUT2D eigenvalue weighted by molar-refractivity contribution is 0.0673. The summed E-state index contributed by atoms with van der Waals surface area (Å²) in [5.41, 5.74) is 0.529. The molecule has 116 valence electrons. The molecule has 21 heavy (non-hydrogen) atoms. The van der Waals surface area contributed by atoms with Gasteiger partial charge in [-0.2, -0.15) is 0 Å². The Hall–Kier alpha value is -0.940.